The lowest BCUT2D eigenvalue weighted by Crippen LogP contribution is -2.26. The van der Waals surface area contributed by atoms with Crippen LogP contribution in [0.15, 0.2) is 48.5 Å². The Kier molecular flexibility index (Phi) is 7.55. The van der Waals surface area contributed by atoms with Gasteiger partial charge in [-0.2, -0.15) is 0 Å². The standard InChI is InChI=1S/C23H32N2O2/c1-3-25-13-12-21(17-25)16-24-15-20-10-11-22(23(14-20)26-4-2)27-18-19-8-6-5-7-9-19/h5-11,14,21,24H,3-4,12-13,15-18H2,1-2H3. The van der Waals surface area contributed by atoms with E-state index in [2.05, 4.69) is 41.4 Å². The topological polar surface area (TPSA) is 33.7 Å². The highest BCUT2D eigenvalue weighted by atomic mass is 16.5. The van der Waals surface area contributed by atoms with E-state index >= 15 is 0 Å². The van der Waals surface area contributed by atoms with Crippen molar-refractivity contribution in [2.24, 2.45) is 5.92 Å². The Hall–Kier alpha value is -2.04. The summed E-state index contributed by atoms with van der Waals surface area (Å²) in [7, 11) is 0. The summed E-state index contributed by atoms with van der Waals surface area (Å²) in [5, 5.41) is 3.61. The van der Waals surface area contributed by atoms with E-state index < -0.39 is 0 Å². The number of hydrogen-bond acceptors (Lipinski definition) is 4. The van der Waals surface area contributed by atoms with Crippen molar-refractivity contribution < 1.29 is 9.47 Å². The lowest BCUT2D eigenvalue weighted by atomic mass is 10.1. The van der Waals surface area contributed by atoms with Crippen LogP contribution in [-0.4, -0.2) is 37.7 Å². The van der Waals surface area contributed by atoms with Crippen molar-refractivity contribution >= 4 is 0 Å². The molecule has 1 heterocycles. The third-order valence-electron chi connectivity index (χ3n) is 5.12. The number of benzene rings is 2. The highest BCUT2D eigenvalue weighted by molar-refractivity contribution is 5.43. The van der Waals surface area contributed by atoms with Gasteiger partial charge >= 0.3 is 0 Å². The van der Waals surface area contributed by atoms with Gasteiger partial charge in [-0.1, -0.05) is 43.3 Å². The zero-order chi connectivity index (χ0) is 18.9. The second-order valence-electron chi connectivity index (χ2n) is 7.17. The van der Waals surface area contributed by atoms with Gasteiger partial charge in [-0.25, -0.2) is 0 Å². The van der Waals surface area contributed by atoms with Crippen molar-refractivity contribution in [2.75, 3.05) is 32.8 Å². The van der Waals surface area contributed by atoms with E-state index in [1.807, 2.05) is 31.2 Å². The van der Waals surface area contributed by atoms with Crippen LogP contribution in [0.4, 0.5) is 0 Å². The minimum atomic E-state index is 0.550. The highest BCUT2D eigenvalue weighted by Crippen LogP contribution is 2.29. The van der Waals surface area contributed by atoms with E-state index in [0.717, 1.165) is 36.1 Å². The SMILES string of the molecule is CCOc1cc(CNCC2CCN(CC)C2)ccc1OCc1ccccc1. The third-order valence-corrected chi connectivity index (χ3v) is 5.12. The summed E-state index contributed by atoms with van der Waals surface area (Å²) in [6.45, 7) is 11.0. The molecule has 0 bridgehead atoms. The average Bonchev–Trinajstić information content (AvgIpc) is 3.16. The predicted molar refractivity (Wildman–Crippen MR) is 110 cm³/mol. The van der Waals surface area contributed by atoms with Gasteiger partial charge in [0.25, 0.3) is 0 Å². The largest absolute Gasteiger partial charge is 0.490 e. The van der Waals surface area contributed by atoms with Gasteiger partial charge < -0.3 is 19.7 Å². The van der Waals surface area contributed by atoms with Crippen LogP contribution in [0.3, 0.4) is 0 Å². The fourth-order valence-corrected chi connectivity index (χ4v) is 3.57. The van der Waals surface area contributed by atoms with E-state index in [9.17, 15) is 0 Å². The first kappa shape index (κ1) is 19.7. The van der Waals surface area contributed by atoms with Crippen LogP contribution in [0.25, 0.3) is 0 Å². The lowest BCUT2D eigenvalue weighted by molar-refractivity contribution is 0.269. The van der Waals surface area contributed by atoms with E-state index in [1.54, 1.807) is 0 Å². The van der Waals surface area contributed by atoms with Gasteiger partial charge in [-0.15, -0.1) is 0 Å². The van der Waals surface area contributed by atoms with Crippen molar-refractivity contribution in [2.45, 2.75) is 33.4 Å². The molecule has 1 atom stereocenters. The molecule has 1 saturated heterocycles. The number of nitrogens with one attached hydrogen (secondary N) is 1. The number of nitrogens with zero attached hydrogens (tertiary/aromatic N) is 1. The molecule has 1 aliphatic rings. The first-order valence-electron chi connectivity index (χ1n) is 10.1. The maximum absolute atomic E-state index is 5.99. The molecule has 2 aromatic carbocycles. The summed E-state index contributed by atoms with van der Waals surface area (Å²) in [4.78, 5) is 2.53. The van der Waals surface area contributed by atoms with Crippen molar-refractivity contribution in [3.05, 3.63) is 59.7 Å². The summed E-state index contributed by atoms with van der Waals surface area (Å²) >= 11 is 0. The van der Waals surface area contributed by atoms with E-state index in [4.69, 9.17) is 9.47 Å². The summed E-state index contributed by atoms with van der Waals surface area (Å²) in [5.74, 6) is 2.40. The molecule has 0 radical (unpaired) electrons. The van der Waals surface area contributed by atoms with Gasteiger partial charge in [-0.3, -0.25) is 0 Å². The maximum atomic E-state index is 5.99. The molecule has 1 N–H and O–H groups in total. The fraction of sp³-hybridized carbons (Fsp3) is 0.478. The summed E-state index contributed by atoms with van der Waals surface area (Å²) in [6.07, 6.45) is 1.30. The first-order valence-corrected chi connectivity index (χ1v) is 10.1. The van der Waals surface area contributed by atoms with Crippen LogP contribution in [0, 0.1) is 5.92 Å². The van der Waals surface area contributed by atoms with Crippen LogP contribution in [0.5, 0.6) is 11.5 Å². The summed E-state index contributed by atoms with van der Waals surface area (Å²) in [6, 6.07) is 16.5. The Bertz CT molecular complexity index is 690. The van der Waals surface area contributed by atoms with Gasteiger partial charge in [0.05, 0.1) is 6.61 Å². The Morgan fingerprint density at radius 1 is 1.00 bits per heavy atom. The number of rotatable bonds is 10. The molecular weight excluding hydrogens is 336 g/mol. The van der Waals surface area contributed by atoms with E-state index in [0.29, 0.717) is 13.2 Å². The van der Waals surface area contributed by atoms with Gasteiger partial charge in [-0.05, 0) is 62.2 Å². The fourth-order valence-electron chi connectivity index (χ4n) is 3.57. The molecule has 146 valence electrons. The Labute approximate surface area is 163 Å². The van der Waals surface area contributed by atoms with Crippen molar-refractivity contribution in [1.82, 2.24) is 10.2 Å². The van der Waals surface area contributed by atoms with Crippen LogP contribution < -0.4 is 14.8 Å². The van der Waals surface area contributed by atoms with E-state index in [-0.39, 0.29) is 0 Å². The van der Waals surface area contributed by atoms with Crippen LogP contribution in [0.1, 0.15) is 31.4 Å². The molecule has 27 heavy (non-hydrogen) atoms. The molecule has 1 aliphatic heterocycles. The molecule has 4 heteroatoms. The minimum absolute atomic E-state index is 0.550. The minimum Gasteiger partial charge on any atom is -0.490 e. The Morgan fingerprint density at radius 2 is 1.85 bits per heavy atom. The summed E-state index contributed by atoms with van der Waals surface area (Å²) in [5.41, 5.74) is 2.39. The van der Waals surface area contributed by atoms with Crippen LogP contribution >= 0.6 is 0 Å². The van der Waals surface area contributed by atoms with Crippen LogP contribution in [-0.2, 0) is 13.2 Å². The zero-order valence-corrected chi connectivity index (χ0v) is 16.6. The van der Waals surface area contributed by atoms with Crippen molar-refractivity contribution in [1.29, 1.82) is 0 Å². The smallest absolute Gasteiger partial charge is 0.161 e. The molecule has 1 fully saturated rings. The molecule has 0 aliphatic carbocycles. The second kappa shape index (κ2) is 10.3. The normalized spacial score (nSPS) is 17.2. The second-order valence-corrected chi connectivity index (χ2v) is 7.17. The molecule has 0 spiro atoms. The molecule has 4 nitrogen and oxygen atoms in total. The molecule has 0 aromatic heterocycles. The molecule has 0 amide bonds. The van der Waals surface area contributed by atoms with Gasteiger partial charge in [0, 0.05) is 13.1 Å². The Balaban J connectivity index is 1.53. The third kappa shape index (κ3) is 5.98. The lowest BCUT2D eigenvalue weighted by Gasteiger charge is -2.15. The molecular formula is C23H32N2O2. The van der Waals surface area contributed by atoms with Gasteiger partial charge in [0.1, 0.15) is 6.61 Å². The first-order chi connectivity index (χ1) is 13.3. The van der Waals surface area contributed by atoms with Crippen molar-refractivity contribution in [3.63, 3.8) is 0 Å². The number of likely N-dealkylation sites (tertiary alicyclic amines) is 1. The predicted octanol–water partition coefficient (Wildman–Crippen LogP) is 4.10. The molecule has 1 unspecified atom stereocenters. The average molecular weight is 369 g/mol. The maximum Gasteiger partial charge on any atom is 0.161 e. The highest BCUT2D eigenvalue weighted by Gasteiger charge is 2.20. The van der Waals surface area contributed by atoms with Crippen molar-refractivity contribution in [3.8, 4) is 11.5 Å². The molecule has 2 aromatic rings. The zero-order valence-electron chi connectivity index (χ0n) is 16.6. The van der Waals surface area contributed by atoms with E-state index in [1.165, 1.54) is 31.6 Å². The molecule has 3 rings (SSSR count). The number of ether oxygens (including phenoxy) is 2. The van der Waals surface area contributed by atoms with Crippen LogP contribution in [0.2, 0.25) is 0 Å². The summed E-state index contributed by atoms with van der Waals surface area (Å²) < 4.78 is 11.8. The monoisotopic (exact) mass is 368 g/mol. The number of hydrogen-bond donors (Lipinski definition) is 1. The molecule has 0 saturated carbocycles. The van der Waals surface area contributed by atoms with Gasteiger partial charge in [0.15, 0.2) is 11.5 Å². The quantitative estimate of drug-likeness (QED) is 0.685. The van der Waals surface area contributed by atoms with Gasteiger partial charge in [0.2, 0.25) is 0 Å². The Morgan fingerprint density at radius 3 is 2.59 bits per heavy atom.